The van der Waals surface area contributed by atoms with Crippen molar-refractivity contribution >= 4 is 28.3 Å². The Labute approximate surface area is 114 Å². The van der Waals surface area contributed by atoms with Gasteiger partial charge in [0.25, 0.3) is 0 Å². The maximum atomic E-state index is 3.48. The Kier molecular flexibility index (Phi) is 10.1. The quantitative estimate of drug-likeness (QED) is 0.729. The van der Waals surface area contributed by atoms with Gasteiger partial charge in [-0.3, -0.25) is 0 Å². The van der Waals surface area contributed by atoms with E-state index < -0.39 is 0 Å². The lowest BCUT2D eigenvalue weighted by Crippen LogP contribution is -2.14. The van der Waals surface area contributed by atoms with E-state index in [2.05, 4.69) is 52.4 Å². The summed E-state index contributed by atoms with van der Waals surface area (Å²) in [7, 11) is 0. The Morgan fingerprint density at radius 3 is 2.69 bits per heavy atom. The highest BCUT2D eigenvalue weighted by atomic mass is 79.9. The summed E-state index contributed by atoms with van der Waals surface area (Å²) in [5.41, 5.74) is 1.35. The van der Waals surface area contributed by atoms with Gasteiger partial charge in [-0.25, -0.2) is 0 Å². The first-order valence-electron chi connectivity index (χ1n) is 5.78. The van der Waals surface area contributed by atoms with Crippen LogP contribution in [0.3, 0.4) is 0 Å². The predicted octanol–water partition coefficient (Wildman–Crippen LogP) is 4.54. The van der Waals surface area contributed by atoms with Crippen LogP contribution in [0.2, 0.25) is 0 Å². The van der Waals surface area contributed by atoms with Crippen molar-refractivity contribution in [3.05, 3.63) is 34.3 Å². The van der Waals surface area contributed by atoms with Gasteiger partial charge in [-0.1, -0.05) is 54.2 Å². The molecule has 0 aliphatic heterocycles. The van der Waals surface area contributed by atoms with Crippen molar-refractivity contribution in [1.29, 1.82) is 0 Å². The molecule has 0 bridgehead atoms. The van der Waals surface area contributed by atoms with Crippen LogP contribution >= 0.6 is 28.3 Å². The molecule has 0 amide bonds. The molecule has 1 aromatic rings. The Morgan fingerprint density at radius 1 is 1.19 bits per heavy atom. The number of halogens is 2. The van der Waals surface area contributed by atoms with Crippen molar-refractivity contribution in [3.63, 3.8) is 0 Å². The summed E-state index contributed by atoms with van der Waals surface area (Å²) in [6.07, 6.45) is 5.31. The lowest BCUT2D eigenvalue weighted by Gasteiger charge is -2.04. The predicted molar refractivity (Wildman–Crippen MR) is 77.2 cm³/mol. The van der Waals surface area contributed by atoms with E-state index in [0.717, 1.165) is 17.6 Å². The van der Waals surface area contributed by atoms with Crippen LogP contribution in [0, 0.1) is 0 Å². The zero-order valence-electron chi connectivity index (χ0n) is 9.84. The van der Waals surface area contributed by atoms with E-state index in [-0.39, 0.29) is 12.4 Å². The van der Waals surface area contributed by atoms with E-state index in [0.29, 0.717) is 0 Å². The van der Waals surface area contributed by atoms with Crippen LogP contribution in [0.15, 0.2) is 28.7 Å². The molecule has 0 heterocycles. The summed E-state index contributed by atoms with van der Waals surface area (Å²) in [6.45, 7) is 4.35. The molecule has 16 heavy (non-hydrogen) atoms. The third kappa shape index (κ3) is 7.26. The van der Waals surface area contributed by atoms with Gasteiger partial charge in [-0.15, -0.1) is 12.4 Å². The number of nitrogens with one attached hydrogen (secondary N) is 1. The molecule has 0 spiro atoms. The molecule has 0 saturated carbocycles. The van der Waals surface area contributed by atoms with Crippen LogP contribution in [-0.2, 0) is 6.54 Å². The Hall–Kier alpha value is -0.0500. The minimum atomic E-state index is 0. The fourth-order valence-corrected chi connectivity index (χ4v) is 2.00. The molecular formula is C13H21BrClN. The highest BCUT2D eigenvalue weighted by Crippen LogP contribution is 2.11. The molecule has 1 aromatic carbocycles. The van der Waals surface area contributed by atoms with Gasteiger partial charge in [0.2, 0.25) is 0 Å². The molecule has 1 rings (SSSR count). The standard InChI is InChI=1S/C13H20BrN.ClH/c1-2-3-4-5-9-15-11-12-7-6-8-13(14)10-12;/h6-8,10,15H,2-5,9,11H2,1H3;1H. The van der Waals surface area contributed by atoms with E-state index in [1.807, 2.05) is 0 Å². The minimum absolute atomic E-state index is 0. The zero-order valence-corrected chi connectivity index (χ0v) is 12.2. The molecule has 0 aliphatic rings. The summed E-state index contributed by atoms with van der Waals surface area (Å²) in [5.74, 6) is 0. The minimum Gasteiger partial charge on any atom is -0.313 e. The van der Waals surface area contributed by atoms with Crippen molar-refractivity contribution in [3.8, 4) is 0 Å². The molecule has 92 valence electrons. The lowest BCUT2D eigenvalue weighted by molar-refractivity contribution is 0.598. The molecular weight excluding hydrogens is 286 g/mol. The molecule has 0 radical (unpaired) electrons. The fraction of sp³-hybridized carbons (Fsp3) is 0.538. The normalized spacial score (nSPS) is 9.88. The highest BCUT2D eigenvalue weighted by molar-refractivity contribution is 9.10. The van der Waals surface area contributed by atoms with Crippen molar-refractivity contribution < 1.29 is 0 Å². The summed E-state index contributed by atoms with van der Waals surface area (Å²) in [5, 5.41) is 3.47. The molecule has 0 aromatic heterocycles. The van der Waals surface area contributed by atoms with Crippen LogP contribution in [0.4, 0.5) is 0 Å². The van der Waals surface area contributed by atoms with Gasteiger partial charge < -0.3 is 5.32 Å². The first kappa shape index (κ1) is 16.0. The molecule has 0 unspecified atom stereocenters. The van der Waals surface area contributed by atoms with E-state index >= 15 is 0 Å². The third-order valence-corrected chi connectivity index (χ3v) is 2.92. The second kappa shape index (κ2) is 10.1. The van der Waals surface area contributed by atoms with Crippen LogP contribution in [-0.4, -0.2) is 6.54 Å². The number of hydrogen-bond donors (Lipinski definition) is 1. The fourth-order valence-electron chi connectivity index (χ4n) is 1.56. The summed E-state index contributed by atoms with van der Waals surface area (Å²) in [6, 6.07) is 8.46. The molecule has 0 saturated heterocycles. The summed E-state index contributed by atoms with van der Waals surface area (Å²) in [4.78, 5) is 0. The largest absolute Gasteiger partial charge is 0.313 e. The van der Waals surface area contributed by atoms with Crippen molar-refractivity contribution in [2.75, 3.05) is 6.54 Å². The van der Waals surface area contributed by atoms with Gasteiger partial charge in [-0.05, 0) is 30.7 Å². The van der Waals surface area contributed by atoms with Crippen molar-refractivity contribution in [2.45, 2.75) is 39.2 Å². The van der Waals surface area contributed by atoms with Gasteiger partial charge in [-0.2, -0.15) is 0 Å². The molecule has 0 aliphatic carbocycles. The number of benzene rings is 1. The van der Waals surface area contributed by atoms with E-state index in [1.54, 1.807) is 0 Å². The van der Waals surface area contributed by atoms with Gasteiger partial charge in [0, 0.05) is 11.0 Å². The van der Waals surface area contributed by atoms with Crippen LogP contribution in [0.1, 0.15) is 38.2 Å². The first-order chi connectivity index (χ1) is 7.33. The SMILES string of the molecule is CCCCCCNCc1cccc(Br)c1.Cl. The molecule has 1 nitrogen and oxygen atoms in total. The third-order valence-electron chi connectivity index (χ3n) is 2.43. The molecule has 3 heteroatoms. The van der Waals surface area contributed by atoms with Gasteiger partial charge in [0.15, 0.2) is 0 Å². The second-order valence-electron chi connectivity index (χ2n) is 3.87. The Bertz CT molecular complexity index is 278. The lowest BCUT2D eigenvalue weighted by atomic mass is 10.2. The maximum absolute atomic E-state index is 3.48. The summed E-state index contributed by atoms with van der Waals surface area (Å²) >= 11 is 3.48. The van der Waals surface area contributed by atoms with Crippen LogP contribution < -0.4 is 5.32 Å². The number of hydrogen-bond acceptors (Lipinski definition) is 1. The van der Waals surface area contributed by atoms with E-state index in [4.69, 9.17) is 0 Å². The summed E-state index contributed by atoms with van der Waals surface area (Å²) < 4.78 is 1.16. The average Bonchev–Trinajstić information content (AvgIpc) is 2.23. The van der Waals surface area contributed by atoms with E-state index in [9.17, 15) is 0 Å². The highest BCUT2D eigenvalue weighted by Gasteiger charge is 1.93. The van der Waals surface area contributed by atoms with E-state index in [1.165, 1.54) is 31.2 Å². The van der Waals surface area contributed by atoms with Crippen molar-refractivity contribution in [1.82, 2.24) is 5.32 Å². The van der Waals surface area contributed by atoms with Crippen molar-refractivity contribution in [2.24, 2.45) is 0 Å². The second-order valence-corrected chi connectivity index (χ2v) is 4.78. The van der Waals surface area contributed by atoms with Gasteiger partial charge in [0.05, 0.1) is 0 Å². The van der Waals surface area contributed by atoms with Crippen LogP contribution in [0.25, 0.3) is 0 Å². The van der Waals surface area contributed by atoms with Gasteiger partial charge >= 0.3 is 0 Å². The maximum Gasteiger partial charge on any atom is 0.0205 e. The monoisotopic (exact) mass is 305 g/mol. The average molecular weight is 307 g/mol. The topological polar surface area (TPSA) is 12.0 Å². The number of unbranched alkanes of at least 4 members (excludes halogenated alkanes) is 3. The Balaban J connectivity index is 0.00000225. The molecule has 0 atom stereocenters. The smallest absolute Gasteiger partial charge is 0.0205 e. The number of rotatable bonds is 7. The molecule has 1 N–H and O–H groups in total. The zero-order chi connectivity index (χ0) is 10.9. The van der Waals surface area contributed by atoms with Crippen LogP contribution in [0.5, 0.6) is 0 Å². The Morgan fingerprint density at radius 2 is 2.00 bits per heavy atom. The first-order valence-corrected chi connectivity index (χ1v) is 6.57. The molecule has 0 fully saturated rings. The van der Waals surface area contributed by atoms with Gasteiger partial charge in [0.1, 0.15) is 0 Å².